The molecule has 2 N–H and O–H groups in total. The molecule has 2 atom stereocenters. The summed E-state index contributed by atoms with van der Waals surface area (Å²) in [7, 11) is 0. The van der Waals surface area contributed by atoms with E-state index in [-0.39, 0.29) is 0 Å². The maximum atomic E-state index is 12.2. The lowest BCUT2D eigenvalue weighted by atomic mass is 9.73. The second kappa shape index (κ2) is 10.5. The molecule has 5 nitrogen and oxygen atoms in total. The van der Waals surface area contributed by atoms with Crippen molar-refractivity contribution in [3.05, 3.63) is 71.8 Å². The van der Waals surface area contributed by atoms with Crippen molar-refractivity contribution in [2.24, 2.45) is 5.41 Å². The highest BCUT2D eigenvalue weighted by atomic mass is 16.5. The lowest BCUT2D eigenvalue weighted by Crippen LogP contribution is -2.57. The zero-order valence-electron chi connectivity index (χ0n) is 16.9. The Balaban J connectivity index is 1.47. The number of aliphatic carboxylic acids is 1. The molecule has 1 aliphatic rings. The molecule has 1 fully saturated rings. The van der Waals surface area contributed by atoms with Crippen LogP contribution in [-0.2, 0) is 22.6 Å². The third-order valence-electron chi connectivity index (χ3n) is 5.78. The molecule has 1 aliphatic heterocycles. The van der Waals surface area contributed by atoms with Gasteiger partial charge in [-0.3, -0.25) is 4.79 Å². The number of unbranched alkanes of at least 4 members (excludes halogenated alkanes) is 1. The quantitative estimate of drug-likeness (QED) is 0.602. The molecule has 0 saturated carbocycles. The molecule has 2 aromatic rings. The van der Waals surface area contributed by atoms with Gasteiger partial charge in [0, 0.05) is 19.7 Å². The van der Waals surface area contributed by atoms with E-state index in [0.717, 1.165) is 31.5 Å². The van der Waals surface area contributed by atoms with Crippen LogP contribution in [0.25, 0.3) is 0 Å². The van der Waals surface area contributed by atoms with Crippen LogP contribution in [0, 0.1) is 5.41 Å². The number of benzene rings is 2. The first-order chi connectivity index (χ1) is 14.1. The SMILES string of the molecule is O=C(O)[C@]1(Cc2ccccc2)CN(CCCCOCc2ccccc2)CC[C@@H]1O. The van der Waals surface area contributed by atoms with Crippen molar-refractivity contribution in [1.29, 1.82) is 0 Å². The van der Waals surface area contributed by atoms with E-state index in [1.54, 1.807) is 0 Å². The molecule has 0 bridgehead atoms. The van der Waals surface area contributed by atoms with Crippen LogP contribution in [0.5, 0.6) is 0 Å². The van der Waals surface area contributed by atoms with Crippen LogP contribution in [0.15, 0.2) is 60.7 Å². The van der Waals surface area contributed by atoms with Gasteiger partial charge in [0.15, 0.2) is 0 Å². The maximum absolute atomic E-state index is 12.2. The molecule has 0 radical (unpaired) electrons. The van der Waals surface area contributed by atoms with Crippen LogP contribution in [0.4, 0.5) is 0 Å². The Bertz CT molecular complexity index is 752. The van der Waals surface area contributed by atoms with Crippen molar-refractivity contribution in [1.82, 2.24) is 4.90 Å². The number of hydrogen-bond donors (Lipinski definition) is 2. The second-order valence-corrected chi connectivity index (χ2v) is 7.95. The van der Waals surface area contributed by atoms with Crippen LogP contribution >= 0.6 is 0 Å². The summed E-state index contributed by atoms with van der Waals surface area (Å²) in [6.45, 7) is 3.25. The fourth-order valence-electron chi connectivity index (χ4n) is 4.08. The lowest BCUT2D eigenvalue weighted by molar-refractivity contribution is -0.163. The van der Waals surface area contributed by atoms with Gasteiger partial charge in [0.25, 0.3) is 0 Å². The first-order valence-corrected chi connectivity index (χ1v) is 10.4. The van der Waals surface area contributed by atoms with Gasteiger partial charge in [-0.2, -0.15) is 0 Å². The summed E-state index contributed by atoms with van der Waals surface area (Å²) < 4.78 is 5.73. The van der Waals surface area contributed by atoms with Gasteiger partial charge in [-0.05, 0) is 43.4 Å². The molecular weight excluding hydrogens is 366 g/mol. The molecule has 0 unspecified atom stereocenters. The summed E-state index contributed by atoms with van der Waals surface area (Å²) >= 11 is 0. The number of hydrogen-bond acceptors (Lipinski definition) is 4. The summed E-state index contributed by atoms with van der Waals surface area (Å²) in [5, 5.41) is 20.6. The van der Waals surface area contributed by atoms with Gasteiger partial charge in [0.05, 0.1) is 12.7 Å². The molecule has 3 rings (SSSR count). The van der Waals surface area contributed by atoms with Crippen LogP contribution in [0.3, 0.4) is 0 Å². The van der Waals surface area contributed by atoms with Gasteiger partial charge >= 0.3 is 5.97 Å². The molecule has 1 heterocycles. The number of rotatable bonds is 10. The van der Waals surface area contributed by atoms with Gasteiger partial charge in [-0.25, -0.2) is 0 Å². The highest BCUT2D eigenvalue weighted by Gasteiger charge is 2.48. The Morgan fingerprint density at radius 3 is 2.34 bits per heavy atom. The van der Waals surface area contributed by atoms with Crippen molar-refractivity contribution in [2.45, 2.75) is 38.4 Å². The van der Waals surface area contributed by atoms with Gasteiger partial charge in [-0.1, -0.05) is 60.7 Å². The smallest absolute Gasteiger partial charge is 0.313 e. The molecule has 156 valence electrons. The second-order valence-electron chi connectivity index (χ2n) is 7.95. The first-order valence-electron chi connectivity index (χ1n) is 10.4. The van der Waals surface area contributed by atoms with E-state index in [2.05, 4.69) is 17.0 Å². The first kappa shape index (κ1) is 21.5. The number of ether oxygens (including phenoxy) is 1. The Hall–Kier alpha value is -2.21. The minimum Gasteiger partial charge on any atom is -0.481 e. The predicted octanol–water partition coefficient (Wildman–Crippen LogP) is 3.36. The third kappa shape index (κ3) is 5.89. The largest absolute Gasteiger partial charge is 0.481 e. The van der Waals surface area contributed by atoms with Crippen LogP contribution < -0.4 is 0 Å². The molecule has 5 heteroatoms. The van der Waals surface area contributed by atoms with E-state index in [1.807, 2.05) is 48.5 Å². The van der Waals surface area contributed by atoms with Crippen LogP contribution in [-0.4, -0.2) is 53.4 Å². The molecule has 1 saturated heterocycles. The Morgan fingerprint density at radius 2 is 1.69 bits per heavy atom. The number of carbonyl (C=O) groups is 1. The predicted molar refractivity (Wildman–Crippen MR) is 113 cm³/mol. The average molecular weight is 398 g/mol. The number of likely N-dealkylation sites (tertiary alicyclic amines) is 1. The summed E-state index contributed by atoms with van der Waals surface area (Å²) in [4.78, 5) is 14.4. The standard InChI is InChI=1S/C24H31NO4/c26-22-13-15-25(14-7-8-16-29-18-21-11-5-2-6-12-21)19-24(22,23(27)28)17-20-9-3-1-4-10-20/h1-6,9-12,22,26H,7-8,13-19H2,(H,27,28)/t22-,24+/m0/s1. The van der Waals surface area contributed by atoms with Gasteiger partial charge in [-0.15, -0.1) is 0 Å². The van der Waals surface area contributed by atoms with Crippen molar-refractivity contribution in [2.75, 3.05) is 26.2 Å². The van der Waals surface area contributed by atoms with Crippen LogP contribution in [0.1, 0.15) is 30.4 Å². The zero-order chi connectivity index (χ0) is 20.5. The zero-order valence-corrected chi connectivity index (χ0v) is 16.9. The molecule has 0 aromatic heterocycles. The minimum absolute atomic E-state index is 0.348. The summed E-state index contributed by atoms with van der Waals surface area (Å²) in [6.07, 6.45) is 1.90. The van der Waals surface area contributed by atoms with Crippen molar-refractivity contribution < 1.29 is 19.7 Å². The molecule has 2 aromatic carbocycles. The number of carboxylic acids is 1. The molecule has 0 amide bonds. The number of aliphatic hydroxyl groups excluding tert-OH is 1. The van der Waals surface area contributed by atoms with E-state index < -0.39 is 17.5 Å². The number of nitrogens with zero attached hydrogens (tertiary/aromatic N) is 1. The van der Waals surface area contributed by atoms with Gasteiger partial charge in [0.1, 0.15) is 5.41 Å². The molecule has 0 aliphatic carbocycles. The fourth-order valence-corrected chi connectivity index (χ4v) is 4.08. The Kier molecular flexibility index (Phi) is 7.81. The summed E-state index contributed by atoms with van der Waals surface area (Å²) in [6, 6.07) is 19.7. The number of aliphatic hydroxyl groups is 1. The van der Waals surface area contributed by atoms with E-state index in [0.29, 0.717) is 32.6 Å². The molecule has 29 heavy (non-hydrogen) atoms. The highest BCUT2D eigenvalue weighted by molar-refractivity contribution is 5.76. The van der Waals surface area contributed by atoms with E-state index in [4.69, 9.17) is 4.74 Å². The average Bonchev–Trinajstić information content (AvgIpc) is 2.74. The van der Waals surface area contributed by atoms with Crippen LogP contribution in [0.2, 0.25) is 0 Å². The summed E-state index contributed by atoms with van der Waals surface area (Å²) in [5.41, 5.74) is 0.971. The van der Waals surface area contributed by atoms with Crippen molar-refractivity contribution >= 4 is 5.97 Å². The maximum Gasteiger partial charge on any atom is 0.313 e. The highest BCUT2D eigenvalue weighted by Crippen LogP contribution is 2.34. The lowest BCUT2D eigenvalue weighted by Gasteiger charge is -2.43. The van der Waals surface area contributed by atoms with Crippen molar-refractivity contribution in [3.8, 4) is 0 Å². The monoisotopic (exact) mass is 397 g/mol. The number of piperidine rings is 1. The van der Waals surface area contributed by atoms with E-state index in [1.165, 1.54) is 5.56 Å². The van der Waals surface area contributed by atoms with Gasteiger partial charge in [0.2, 0.25) is 0 Å². The molecular formula is C24H31NO4. The summed E-state index contributed by atoms with van der Waals surface area (Å²) in [5.74, 6) is -0.912. The normalized spacial score (nSPS) is 22.4. The minimum atomic E-state index is -1.15. The Labute approximate surface area is 172 Å². The van der Waals surface area contributed by atoms with Crippen molar-refractivity contribution in [3.63, 3.8) is 0 Å². The van der Waals surface area contributed by atoms with E-state index >= 15 is 0 Å². The molecule has 0 spiro atoms. The Morgan fingerprint density at radius 1 is 1.03 bits per heavy atom. The fraction of sp³-hybridized carbons (Fsp3) is 0.458. The van der Waals surface area contributed by atoms with Gasteiger partial charge < -0.3 is 19.8 Å². The number of carboxylic acid groups (broad SMARTS) is 1. The van der Waals surface area contributed by atoms with E-state index in [9.17, 15) is 15.0 Å². The third-order valence-corrected chi connectivity index (χ3v) is 5.78. The topological polar surface area (TPSA) is 70.0 Å².